The van der Waals surface area contributed by atoms with Crippen LogP contribution in [0, 0.1) is 6.92 Å². The molecular weight excluding hydrogens is 220 g/mol. The molecule has 0 saturated carbocycles. The van der Waals surface area contributed by atoms with Gasteiger partial charge in [-0.3, -0.25) is 9.48 Å². The average Bonchev–Trinajstić information content (AvgIpc) is 2.29. The summed E-state index contributed by atoms with van der Waals surface area (Å²) in [6.45, 7) is 5.85. The molecule has 1 aromatic rings. The number of carbonyl (C=O) groups excluding carboxylic acids is 1. The first-order valence-electron chi connectivity index (χ1n) is 3.77. The Morgan fingerprint density at radius 2 is 2.17 bits per heavy atom. The molecule has 0 N–H and O–H groups in total. The van der Waals surface area contributed by atoms with Crippen molar-refractivity contribution in [3.8, 4) is 0 Å². The van der Waals surface area contributed by atoms with Crippen LogP contribution in [-0.4, -0.2) is 16.1 Å². The fourth-order valence-corrected chi connectivity index (χ4v) is 1.40. The molecular formula is C8H11BrN2O. The normalized spacial score (nSPS) is 10.8. The largest absolute Gasteiger partial charge is 0.296 e. The second-order valence-corrected chi connectivity index (χ2v) is 3.73. The van der Waals surface area contributed by atoms with Crippen molar-refractivity contribution >= 4 is 22.2 Å². The summed E-state index contributed by atoms with van der Waals surface area (Å²) >= 11 is 3.31. The fourth-order valence-electron chi connectivity index (χ4n) is 1.04. The van der Waals surface area contributed by atoms with Gasteiger partial charge in [0.1, 0.15) is 5.69 Å². The number of nitrogens with zero attached hydrogens (tertiary/aromatic N) is 2. The SMILES string of the molecule is Cc1nn(C(C)C)c(C=O)c1Br. The maximum absolute atomic E-state index is 10.7. The zero-order valence-electron chi connectivity index (χ0n) is 7.34. The van der Waals surface area contributed by atoms with Gasteiger partial charge in [-0.2, -0.15) is 5.10 Å². The number of carbonyl (C=O) groups is 1. The Hall–Kier alpha value is -0.640. The van der Waals surface area contributed by atoms with Crippen molar-refractivity contribution in [3.05, 3.63) is 15.9 Å². The van der Waals surface area contributed by atoms with Crippen LogP contribution in [-0.2, 0) is 0 Å². The zero-order chi connectivity index (χ0) is 9.30. The lowest BCUT2D eigenvalue weighted by molar-refractivity contribution is 0.111. The molecule has 4 heteroatoms. The van der Waals surface area contributed by atoms with Gasteiger partial charge in [-0.1, -0.05) is 0 Å². The molecule has 0 aliphatic carbocycles. The number of aldehydes is 1. The first-order valence-corrected chi connectivity index (χ1v) is 4.57. The summed E-state index contributed by atoms with van der Waals surface area (Å²) in [7, 11) is 0. The highest BCUT2D eigenvalue weighted by Crippen LogP contribution is 2.21. The van der Waals surface area contributed by atoms with Crippen molar-refractivity contribution < 1.29 is 4.79 Å². The summed E-state index contributed by atoms with van der Waals surface area (Å²) in [5.41, 5.74) is 1.47. The van der Waals surface area contributed by atoms with Crippen LogP contribution in [0.3, 0.4) is 0 Å². The van der Waals surface area contributed by atoms with Gasteiger partial charge in [0, 0.05) is 6.04 Å². The molecule has 0 bridgehead atoms. The summed E-state index contributed by atoms with van der Waals surface area (Å²) in [5.74, 6) is 0. The van der Waals surface area contributed by atoms with Gasteiger partial charge in [-0.05, 0) is 36.7 Å². The lowest BCUT2D eigenvalue weighted by Crippen LogP contribution is -2.06. The van der Waals surface area contributed by atoms with Crippen molar-refractivity contribution in [3.63, 3.8) is 0 Å². The molecule has 0 atom stereocenters. The van der Waals surface area contributed by atoms with Crippen LogP contribution in [0.2, 0.25) is 0 Å². The van der Waals surface area contributed by atoms with E-state index in [9.17, 15) is 4.79 Å². The maximum Gasteiger partial charge on any atom is 0.169 e. The Labute approximate surface area is 79.9 Å². The highest BCUT2D eigenvalue weighted by molar-refractivity contribution is 9.10. The monoisotopic (exact) mass is 230 g/mol. The molecule has 1 rings (SSSR count). The van der Waals surface area contributed by atoms with Crippen LogP contribution in [0.5, 0.6) is 0 Å². The van der Waals surface area contributed by atoms with Crippen LogP contribution >= 0.6 is 15.9 Å². The van der Waals surface area contributed by atoms with Crippen molar-refractivity contribution in [1.82, 2.24) is 9.78 Å². The second-order valence-electron chi connectivity index (χ2n) is 2.94. The first-order chi connectivity index (χ1) is 5.57. The van der Waals surface area contributed by atoms with E-state index in [1.165, 1.54) is 0 Å². The molecule has 0 aliphatic rings. The van der Waals surface area contributed by atoms with Gasteiger partial charge in [0.15, 0.2) is 6.29 Å². The van der Waals surface area contributed by atoms with E-state index in [2.05, 4.69) is 21.0 Å². The van der Waals surface area contributed by atoms with E-state index in [0.717, 1.165) is 16.5 Å². The molecule has 0 aromatic carbocycles. The second kappa shape index (κ2) is 3.39. The van der Waals surface area contributed by atoms with Crippen LogP contribution in [0.4, 0.5) is 0 Å². The molecule has 0 fully saturated rings. The van der Waals surface area contributed by atoms with Gasteiger partial charge >= 0.3 is 0 Å². The lowest BCUT2D eigenvalue weighted by Gasteiger charge is -2.06. The maximum atomic E-state index is 10.7. The van der Waals surface area contributed by atoms with E-state index in [-0.39, 0.29) is 6.04 Å². The number of aromatic nitrogens is 2. The Balaban J connectivity index is 3.29. The Morgan fingerprint density at radius 3 is 2.50 bits per heavy atom. The predicted molar refractivity (Wildman–Crippen MR) is 50.4 cm³/mol. The van der Waals surface area contributed by atoms with E-state index in [0.29, 0.717) is 5.69 Å². The minimum Gasteiger partial charge on any atom is -0.296 e. The van der Waals surface area contributed by atoms with Gasteiger partial charge in [0.25, 0.3) is 0 Å². The van der Waals surface area contributed by atoms with Gasteiger partial charge in [0.2, 0.25) is 0 Å². The summed E-state index contributed by atoms with van der Waals surface area (Å²) in [6.07, 6.45) is 0.823. The number of halogens is 1. The number of hydrogen-bond donors (Lipinski definition) is 0. The van der Waals surface area contributed by atoms with Crippen LogP contribution in [0.25, 0.3) is 0 Å². The quantitative estimate of drug-likeness (QED) is 0.732. The minimum absolute atomic E-state index is 0.218. The molecule has 0 aliphatic heterocycles. The van der Waals surface area contributed by atoms with Crippen LogP contribution in [0.1, 0.15) is 36.1 Å². The molecule has 0 amide bonds. The third kappa shape index (κ3) is 1.43. The summed E-state index contributed by atoms with van der Waals surface area (Å²) in [4.78, 5) is 10.7. The van der Waals surface area contributed by atoms with Crippen molar-refractivity contribution in [2.75, 3.05) is 0 Å². The Kier molecular flexibility index (Phi) is 2.67. The smallest absolute Gasteiger partial charge is 0.169 e. The zero-order valence-corrected chi connectivity index (χ0v) is 8.92. The highest BCUT2D eigenvalue weighted by Gasteiger charge is 2.13. The number of aryl methyl sites for hydroxylation is 1. The molecule has 66 valence electrons. The van der Waals surface area contributed by atoms with E-state index < -0.39 is 0 Å². The summed E-state index contributed by atoms with van der Waals surface area (Å²) in [6, 6.07) is 0.218. The molecule has 12 heavy (non-hydrogen) atoms. The average molecular weight is 231 g/mol. The number of rotatable bonds is 2. The molecule has 0 unspecified atom stereocenters. The highest BCUT2D eigenvalue weighted by atomic mass is 79.9. The first kappa shape index (κ1) is 9.45. The van der Waals surface area contributed by atoms with Crippen molar-refractivity contribution in [1.29, 1.82) is 0 Å². The van der Waals surface area contributed by atoms with E-state index in [1.807, 2.05) is 20.8 Å². The molecule has 0 spiro atoms. The molecule has 0 radical (unpaired) electrons. The fraction of sp³-hybridized carbons (Fsp3) is 0.500. The topological polar surface area (TPSA) is 34.9 Å². The third-order valence-electron chi connectivity index (χ3n) is 1.65. The third-order valence-corrected chi connectivity index (χ3v) is 2.63. The molecule has 0 saturated heterocycles. The molecule has 1 heterocycles. The van der Waals surface area contributed by atoms with Gasteiger partial charge in [0.05, 0.1) is 10.2 Å². The number of hydrogen-bond acceptors (Lipinski definition) is 2. The van der Waals surface area contributed by atoms with Gasteiger partial charge in [-0.25, -0.2) is 0 Å². The van der Waals surface area contributed by atoms with Crippen LogP contribution < -0.4 is 0 Å². The molecule has 3 nitrogen and oxygen atoms in total. The molecule has 1 aromatic heterocycles. The van der Waals surface area contributed by atoms with E-state index in [4.69, 9.17) is 0 Å². The minimum atomic E-state index is 0.218. The van der Waals surface area contributed by atoms with Gasteiger partial charge in [-0.15, -0.1) is 0 Å². The predicted octanol–water partition coefficient (Wildman–Crippen LogP) is 2.35. The summed E-state index contributed by atoms with van der Waals surface area (Å²) < 4.78 is 2.51. The van der Waals surface area contributed by atoms with Crippen molar-refractivity contribution in [2.24, 2.45) is 0 Å². The van der Waals surface area contributed by atoms with Gasteiger partial charge < -0.3 is 0 Å². The van der Waals surface area contributed by atoms with Crippen LogP contribution in [0.15, 0.2) is 4.47 Å². The van der Waals surface area contributed by atoms with Crippen molar-refractivity contribution in [2.45, 2.75) is 26.8 Å². The summed E-state index contributed by atoms with van der Waals surface area (Å²) in [5, 5.41) is 4.22. The standard InChI is InChI=1S/C8H11BrN2O/c1-5(2)11-7(4-12)8(9)6(3)10-11/h4-5H,1-3H3. The van der Waals surface area contributed by atoms with E-state index >= 15 is 0 Å². The Bertz CT molecular complexity index is 304. The van der Waals surface area contributed by atoms with E-state index in [1.54, 1.807) is 4.68 Å². The Morgan fingerprint density at radius 1 is 1.58 bits per heavy atom. The lowest BCUT2D eigenvalue weighted by atomic mass is 10.3.